The summed E-state index contributed by atoms with van der Waals surface area (Å²) in [5.41, 5.74) is 1.42. The number of aryl methyl sites for hydroxylation is 3. The van der Waals surface area contributed by atoms with Crippen LogP contribution in [-0.4, -0.2) is 22.0 Å². The van der Waals surface area contributed by atoms with Crippen LogP contribution in [0.2, 0.25) is 0 Å². The van der Waals surface area contributed by atoms with Crippen molar-refractivity contribution >= 4 is 39.6 Å². The molecule has 3 nitrogen and oxygen atoms in total. The fourth-order valence-electron chi connectivity index (χ4n) is 2.27. The van der Waals surface area contributed by atoms with E-state index in [1.807, 2.05) is 13.2 Å². The number of thiophene rings is 1. The fourth-order valence-corrected chi connectivity index (χ4v) is 4.39. The lowest BCUT2D eigenvalue weighted by Crippen LogP contribution is -1.93. The summed E-state index contributed by atoms with van der Waals surface area (Å²) in [5, 5.41) is 2.14. The Bertz CT molecular complexity index is 592. The summed E-state index contributed by atoms with van der Waals surface area (Å²) < 4.78 is 0. The van der Waals surface area contributed by atoms with Gasteiger partial charge < -0.3 is 0 Å². The van der Waals surface area contributed by atoms with Gasteiger partial charge in [-0.1, -0.05) is 11.8 Å². The molecule has 0 atom stereocenters. The smallest absolute Gasteiger partial charge is 0.209 e. The van der Waals surface area contributed by atoms with Gasteiger partial charge >= 0.3 is 0 Å². The molecule has 0 amide bonds. The minimum atomic E-state index is 0.343. The Kier molecular flexibility index (Phi) is 2.88. The van der Waals surface area contributed by atoms with Crippen LogP contribution in [0.15, 0.2) is 5.03 Å². The van der Waals surface area contributed by atoms with E-state index >= 15 is 0 Å². The molecule has 0 aromatic carbocycles. The molecule has 0 aliphatic heterocycles. The van der Waals surface area contributed by atoms with Crippen LogP contribution in [0.5, 0.6) is 0 Å². The lowest BCUT2D eigenvalue weighted by atomic mass is 10.2. The molecule has 0 saturated heterocycles. The van der Waals surface area contributed by atoms with Crippen molar-refractivity contribution < 1.29 is 4.79 Å². The van der Waals surface area contributed by atoms with Gasteiger partial charge in [0.2, 0.25) is 6.29 Å². The largest absolute Gasteiger partial charge is 0.290 e. The second-order valence-electron chi connectivity index (χ2n) is 4.05. The lowest BCUT2D eigenvalue weighted by molar-refractivity contribution is 0.560. The first kappa shape index (κ1) is 11.2. The van der Waals surface area contributed by atoms with Crippen molar-refractivity contribution in [3.63, 3.8) is 0 Å². The number of aromatic nitrogens is 2. The molecule has 2 aromatic rings. The fraction of sp³-hybridized carbons (Fsp3) is 0.417. The van der Waals surface area contributed by atoms with Crippen molar-refractivity contribution in [2.24, 2.45) is 0 Å². The maximum absolute atomic E-state index is 10.4. The van der Waals surface area contributed by atoms with Gasteiger partial charge in [-0.3, -0.25) is 4.79 Å². The molecular formula is C12H11N2OS2. The molecule has 0 spiro atoms. The van der Waals surface area contributed by atoms with E-state index in [9.17, 15) is 4.79 Å². The topological polar surface area (TPSA) is 42.9 Å². The first-order valence-corrected chi connectivity index (χ1v) is 7.36. The Hall–Kier alpha value is -0.940. The van der Waals surface area contributed by atoms with Gasteiger partial charge in [-0.15, -0.1) is 11.3 Å². The zero-order valence-corrected chi connectivity index (χ0v) is 11.1. The van der Waals surface area contributed by atoms with Crippen molar-refractivity contribution in [3.05, 3.63) is 16.3 Å². The quantitative estimate of drug-likeness (QED) is 0.631. The predicted octanol–water partition coefficient (Wildman–Crippen LogP) is 2.69. The van der Waals surface area contributed by atoms with Crippen LogP contribution in [-0.2, 0) is 17.6 Å². The summed E-state index contributed by atoms with van der Waals surface area (Å²) in [4.78, 5) is 21.9. The van der Waals surface area contributed by atoms with E-state index in [2.05, 4.69) is 9.97 Å². The molecule has 1 radical (unpaired) electrons. The van der Waals surface area contributed by atoms with E-state index in [-0.39, 0.29) is 0 Å². The van der Waals surface area contributed by atoms with Gasteiger partial charge in [0.15, 0.2) is 0 Å². The van der Waals surface area contributed by atoms with Crippen LogP contribution in [0.1, 0.15) is 22.7 Å². The zero-order chi connectivity index (χ0) is 11.8. The molecule has 1 aliphatic rings. The Morgan fingerprint density at radius 3 is 3.12 bits per heavy atom. The minimum absolute atomic E-state index is 0.343. The van der Waals surface area contributed by atoms with Gasteiger partial charge in [-0.25, -0.2) is 9.97 Å². The maximum atomic E-state index is 10.4. The molecule has 0 N–H and O–H groups in total. The summed E-state index contributed by atoms with van der Waals surface area (Å²) in [6, 6.07) is 0. The van der Waals surface area contributed by atoms with E-state index in [0.29, 0.717) is 5.75 Å². The Morgan fingerprint density at radius 2 is 2.29 bits per heavy atom. The van der Waals surface area contributed by atoms with Gasteiger partial charge in [-0.2, -0.15) is 0 Å². The molecule has 2 aromatic heterocycles. The second-order valence-corrected chi connectivity index (χ2v) is 6.09. The third kappa shape index (κ3) is 1.87. The van der Waals surface area contributed by atoms with Gasteiger partial charge in [0.25, 0.3) is 0 Å². The third-order valence-electron chi connectivity index (χ3n) is 2.91. The molecule has 0 unspecified atom stereocenters. The second kappa shape index (κ2) is 4.38. The van der Waals surface area contributed by atoms with E-state index in [1.165, 1.54) is 40.4 Å². The molecular weight excluding hydrogens is 252 g/mol. The highest BCUT2D eigenvalue weighted by molar-refractivity contribution is 8.00. The number of nitrogens with zero attached hydrogens (tertiary/aromatic N) is 2. The summed E-state index contributed by atoms with van der Waals surface area (Å²) in [7, 11) is 0. The van der Waals surface area contributed by atoms with Crippen LogP contribution in [0.3, 0.4) is 0 Å². The van der Waals surface area contributed by atoms with Crippen LogP contribution >= 0.6 is 23.1 Å². The summed E-state index contributed by atoms with van der Waals surface area (Å²) in [6.45, 7) is 1.90. The Morgan fingerprint density at radius 1 is 1.41 bits per heavy atom. The van der Waals surface area contributed by atoms with Crippen LogP contribution < -0.4 is 0 Å². The first-order chi connectivity index (χ1) is 8.29. The van der Waals surface area contributed by atoms with Gasteiger partial charge in [0, 0.05) is 10.3 Å². The standard InChI is InChI=1S/C12H11N2OS2/c1-7-13-11(16-6-5-15)10-8-3-2-4-9(8)17-12(10)14-7/h2-4,6H2,1H3. The van der Waals surface area contributed by atoms with E-state index < -0.39 is 0 Å². The van der Waals surface area contributed by atoms with Crippen molar-refractivity contribution in [1.82, 2.24) is 9.97 Å². The summed E-state index contributed by atoms with van der Waals surface area (Å²) in [6.07, 6.45) is 5.44. The highest BCUT2D eigenvalue weighted by Crippen LogP contribution is 2.40. The molecule has 0 fully saturated rings. The number of thioether (sulfide) groups is 1. The summed E-state index contributed by atoms with van der Waals surface area (Å²) >= 11 is 3.25. The van der Waals surface area contributed by atoms with Crippen molar-refractivity contribution in [2.45, 2.75) is 31.2 Å². The van der Waals surface area contributed by atoms with Crippen LogP contribution in [0.25, 0.3) is 10.2 Å². The SMILES string of the molecule is Cc1nc(SC[C]=O)c2c3c(sc2n1)CCC3. The number of fused-ring (bicyclic) bond motifs is 3. The van der Waals surface area contributed by atoms with Gasteiger partial charge in [0.1, 0.15) is 15.7 Å². The Balaban J connectivity index is 2.20. The van der Waals surface area contributed by atoms with Crippen molar-refractivity contribution in [2.75, 3.05) is 5.75 Å². The van der Waals surface area contributed by atoms with Crippen molar-refractivity contribution in [1.29, 1.82) is 0 Å². The number of hydrogen-bond donors (Lipinski definition) is 0. The van der Waals surface area contributed by atoms with E-state index in [4.69, 9.17) is 0 Å². The minimum Gasteiger partial charge on any atom is -0.290 e. The monoisotopic (exact) mass is 263 g/mol. The molecule has 87 valence electrons. The predicted molar refractivity (Wildman–Crippen MR) is 70.6 cm³/mol. The van der Waals surface area contributed by atoms with Gasteiger partial charge in [0.05, 0.1) is 5.75 Å². The van der Waals surface area contributed by atoms with Crippen LogP contribution in [0.4, 0.5) is 0 Å². The molecule has 17 heavy (non-hydrogen) atoms. The third-order valence-corrected chi connectivity index (χ3v) is 4.93. The molecule has 5 heteroatoms. The highest BCUT2D eigenvalue weighted by atomic mass is 32.2. The average Bonchev–Trinajstić information content (AvgIpc) is 2.84. The number of carbonyl (C=O) groups excluding carboxylic acids is 1. The molecule has 2 heterocycles. The molecule has 0 bridgehead atoms. The molecule has 3 rings (SSSR count). The van der Waals surface area contributed by atoms with Crippen LogP contribution in [0, 0.1) is 6.92 Å². The molecule has 1 aliphatic carbocycles. The average molecular weight is 263 g/mol. The van der Waals surface area contributed by atoms with Gasteiger partial charge in [-0.05, 0) is 31.7 Å². The first-order valence-electron chi connectivity index (χ1n) is 5.56. The highest BCUT2D eigenvalue weighted by Gasteiger charge is 2.21. The number of hydrogen-bond acceptors (Lipinski definition) is 5. The maximum Gasteiger partial charge on any atom is 0.209 e. The lowest BCUT2D eigenvalue weighted by Gasteiger charge is -2.02. The summed E-state index contributed by atoms with van der Waals surface area (Å²) in [5.74, 6) is 1.13. The Labute approximate surface area is 108 Å². The van der Waals surface area contributed by atoms with E-state index in [0.717, 1.165) is 22.1 Å². The number of rotatable bonds is 3. The molecule has 0 saturated carbocycles. The van der Waals surface area contributed by atoms with Crippen molar-refractivity contribution in [3.8, 4) is 0 Å². The zero-order valence-electron chi connectivity index (χ0n) is 9.45. The van der Waals surface area contributed by atoms with E-state index in [1.54, 1.807) is 11.3 Å². The normalized spacial score (nSPS) is 14.2.